The van der Waals surface area contributed by atoms with Crippen molar-refractivity contribution in [2.75, 3.05) is 13.1 Å². The zero-order valence-corrected chi connectivity index (χ0v) is 13.3. The summed E-state index contributed by atoms with van der Waals surface area (Å²) in [6.45, 7) is 5.55. The quantitative estimate of drug-likeness (QED) is 0.894. The maximum absolute atomic E-state index is 4.55. The van der Waals surface area contributed by atoms with E-state index in [1.807, 2.05) is 6.20 Å². The van der Waals surface area contributed by atoms with E-state index in [9.17, 15) is 0 Å². The minimum atomic E-state index is 0.671. The van der Waals surface area contributed by atoms with Crippen LogP contribution in [-0.4, -0.2) is 24.1 Å². The van der Waals surface area contributed by atoms with Crippen LogP contribution in [0.15, 0.2) is 18.3 Å². The molecule has 1 aromatic rings. The second-order valence-corrected chi connectivity index (χ2v) is 6.92. The topological polar surface area (TPSA) is 37.0 Å². The van der Waals surface area contributed by atoms with E-state index in [1.165, 1.54) is 62.9 Å². The molecule has 0 bridgehead atoms. The average molecular weight is 287 g/mol. The Hall–Kier alpha value is -0.930. The summed E-state index contributed by atoms with van der Waals surface area (Å²) in [6.07, 6.45) is 11.4. The summed E-state index contributed by atoms with van der Waals surface area (Å²) >= 11 is 0. The predicted octanol–water partition coefficient (Wildman–Crippen LogP) is 3.05. The second-order valence-electron chi connectivity index (χ2n) is 6.92. The number of piperidine rings is 1. The molecule has 116 valence electrons. The molecule has 2 aliphatic rings. The first-order valence-electron chi connectivity index (χ1n) is 8.68. The fourth-order valence-corrected chi connectivity index (χ4v) is 3.91. The summed E-state index contributed by atoms with van der Waals surface area (Å²) in [6, 6.07) is 5.07. The number of nitrogens with zero attached hydrogens (tertiary/aromatic N) is 1. The largest absolute Gasteiger partial charge is 0.317 e. The molecule has 0 unspecified atom stereocenters. The number of hydrogen-bond donors (Lipinski definition) is 2. The zero-order valence-electron chi connectivity index (χ0n) is 13.3. The van der Waals surface area contributed by atoms with E-state index in [-0.39, 0.29) is 0 Å². The highest BCUT2D eigenvalue weighted by Crippen LogP contribution is 2.43. The summed E-state index contributed by atoms with van der Waals surface area (Å²) in [5, 5.41) is 7.22. The molecule has 3 heteroatoms. The van der Waals surface area contributed by atoms with Crippen molar-refractivity contribution < 1.29 is 0 Å². The first-order chi connectivity index (χ1) is 10.3. The van der Waals surface area contributed by atoms with Gasteiger partial charge >= 0.3 is 0 Å². The Balaban J connectivity index is 1.44. The molecule has 3 nitrogen and oxygen atoms in total. The van der Waals surface area contributed by atoms with Gasteiger partial charge in [-0.2, -0.15) is 0 Å². The fourth-order valence-electron chi connectivity index (χ4n) is 3.91. The van der Waals surface area contributed by atoms with E-state index in [0.29, 0.717) is 11.5 Å². The van der Waals surface area contributed by atoms with E-state index in [1.54, 1.807) is 0 Å². The highest BCUT2D eigenvalue weighted by atomic mass is 14.9. The van der Waals surface area contributed by atoms with Crippen LogP contribution >= 0.6 is 0 Å². The molecule has 0 amide bonds. The lowest BCUT2D eigenvalue weighted by Crippen LogP contribution is -2.43. The highest BCUT2D eigenvalue weighted by Gasteiger charge is 2.35. The molecule has 3 rings (SSSR count). The number of rotatable bonds is 4. The molecule has 0 aromatic carbocycles. The molecule has 1 aliphatic carbocycles. The summed E-state index contributed by atoms with van der Waals surface area (Å²) in [4.78, 5) is 4.55. The van der Waals surface area contributed by atoms with Crippen LogP contribution in [0.4, 0.5) is 0 Å². The van der Waals surface area contributed by atoms with Crippen LogP contribution < -0.4 is 10.6 Å². The summed E-state index contributed by atoms with van der Waals surface area (Å²) in [5.41, 5.74) is 3.17. The van der Waals surface area contributed by atoms with Crippen LogP contribution in [0.2, 0.25) is 0 Å². The van der Waals surface area contributed by atoms with Gasteiger partial charge in [0.15, 0.2) is 0 Å². The molecular formula is C18H29N3. The normalized spacial score (nSPS) is 22.5. The minimum Gasteiger partial charge on any atom is -0.317 e. The van der Waals surface area contributed by atoms with Gasteiger partial charge in [0.2, 0.25) is 0 Å². The molecular weight excluding hydrogens is 258 g/mol. The van der Waals surface area contributed by atoms with Gasteiger partial charge in [0, 0.05) is 18.8 Å². The van der Waals surface area contributed by atoms with Crippen molar-refractivity contribution in [2.24, 2.45) is 5.41 Å². The molecule has 2 fully saturated rings. The highest BCUT2D eigenvalue weighted by molar-refractivity contribution is 5.13. The molecule has 1 saturated heterocycles. The molecule has 0 radical (unpaired) electrons. The van der Waals surface area contributed by atoms with E-state index >= 15 is 0 Å². The van der Waals surface area contributed by atoms with Gasteiger partial charge in [-0.3, -0.25) is 4.98 Å². The van der Waals surface area contributed by atoms with Gasteiger partial charge in [-0.05, 0) is 75.1 Å². The third-order valence-electron chi connectivity index (χ3n) is 5.58. The monoisotopic (exact) mass is 287 g/mol. The van der Waals surface area contributed by atoms with Crippen molar-refractivity contribution in [3.63, 3.8) is 0 Å². The van der Waals surface area contributed by atoms with Gasteiger partial charge in [-0.15, -0.1) is 0 Å². The van der Waals surface area contributed by atoms with E-state index in [2.05, 4.69) is 34.7 Å². The fraction of sp³-hybridized carbons (Fsp3) is 0.722. The Labute approximate surface area is 128 Å². The van der Waals surface area contributed by atoms with Crippen molar-refractivity contribution >= 4 is 0 Å². The van der Waals surface area contributed by atoms with Gasteiger partial charge in [0.05, 0.1) is 5.69 Å². The van der Waals surface area contributed by atoms with Gasteiger partial charge in [-0.25, -0.2) is 0 Å². The van der Waals surface area contributed by atoms with Crippen LogP contribution in [0.25, 0.3) is 0 Å². The lowest BCUT2D eigenvalue weighted by atomic mass is 9.67. The van der Waals surface area contributed by atoms with Gasteiger partial charge in [-0.1, -0.05) is 13.0 Å². The Bertz CT molecular complexity index is 424. The van der Waals surface area contributed by atoms with Crippen molar-refractivity contribution in [1.82, 2.24) is 15.6 Å². The van der Waals surface area contributed by atoms with E-state index < -0.39 is 0 Å². The molecule has 0 atom stereocenters. The van der Waals surface area contributed by atoms with Gasteiger partial charge in [0.25, 0.3) is 0 Å². The van der Waals surface area contributed by atoms with Crippen LogP contribution in [0, 0.1) is 5.41 Å². The predicted molar refractivity (Wildman–Crippen MR) is 87.2 cm³/mol. The number of aryl methyl sites for hydroxylation is 1. The first-order valence-corrected chi connectivity index (χ1v) is 8.68. The SMILES string of the molecule is CCc1ccc(CNC2CCC3(CCNCC3)CC2)nc1. The molecule has 1 saturated carbocycles. The Morgan fingerprint density at radius 3 is 2.57 bits per heavy atom. The number of hydrogen-bond acceptors (Lipinski definition) is 3. The van der Waals surface area contributed by atoms with Crippen LogP contribution in [0.5, 0.6) is 0 Å². The zero-order chi connectivity index (χ0) is 14.5. The molecule has 1 aromatic heterocycles. The van der Waals surface area contributed by atoms with Crippen LogP contribution in [0.3, 0.4) is 0 Å². The van der Waals surface area contributed by atoms with E-state index in [0.717, 1.165) is 13.0 Å². The van der Waals surface area contributed by atoms with Crippen LogP contribution in [0.1, 0.15) is 56.7 Å². The maximum Gasteiger partial charge on any atom is 0.0541 e. The lowest BCUT2D eigenvalue weighted by Gasteiger charge is -2.43. The minimum absolute atomic E-state index is 0.671. The second kappa shape index (κ2) is 6.89. The molecule has 2 heterocycles. The molecule has 21 heavy (non-hydrogen) atoms. The Morgan fingerprint density at radius 1 is 1.19 bits per heavy atom. The summed E-state index contributed by atoms with van der Waals surface area (Å²) in [5.74, 6) is 0. The molecule has 1 spiro atoms. The lowest BCUT2D eigenvalue weighted by molar-refractivity contribution is 0.115. The standard InChI is InChI=1S/C18H29N3/c1-2-15-3-4-17(20-13-15)14-21-16-5-7-18(8-6-16)9-11-19-12-10-18/h3-4,13,16,19,21H,2,5-12,14H2,1H3. The van der Waals surface area contributed by atoms with Crippen molar-refractivity contribution in [3.8, 4) is 0 Å². The summed E-state index contributed by atoms with van der Waals surface area (Å²) in [7, 11) is 0. The third-order valence-corrected chi connectivity index (χ3v) is 5.58. The smallest absolute Gasteiger partial charge is 0.0541 e. The Kier molecular flexibility index (Phi) is 4.91. The molecule has 2 N–H and O–H groups in total. The first kappa shape index (κ1) is 15.0. The number of pyridine rings is 1. The third kappa shape index (κ3) is 3.83. The molecule has 1 aliphatic heterocycles. The van der Waals surface area contributed by atoms with Crippen LogP contribution in [-0.2, 0) is 13.0 Å². The number of nitrogens with one attached hydrogen (secondary N) is 2. The summed E-state index contributed by atoms with van der Waals surface area (Å²) < 4.78 is 0. The van der Waals surface area contributed by atoms with Gasteiger partial charge in [0.1, 0.15) is 0 Å². The van der Waals surface area contributed by atoms with Crippen molar-refractivity contribution in [3.05, 3.63) is 29.6 Å². The van der Waals surface area contributed by atoms with Gasteiger partial charge < -0.3 is 10.6 Å². The Morgan fingerprint density at radius 2 is 1.95 bits per heavy atom. The number of aromatic nitrogens is 1. The van der Waals surface area contributed by atoms with Crippen molar-refractivity contribution in [1.29, 1.82) is 0 Å². The average Bonchev–Trinajstić information content (AvgIpc) is 2.56. The van der Waals surface area contributed by atoms with Crippen molar-refractivity contribution in [2.45, 2.75) is 64.5 Å². The maximum atomic E-state index is 4.55. The van der Waals surface area contributed by atoms with E-state index in [4.69, 9.17) is 0 Å².